The summed E-state index contributed by atoms with van der Waals surface area (Å²) in [6.45, 7) is 3.99. The number of carbonyl (C=O) groups excluding carboxylic acids is 1. The first kappa shape index (κ1) is 11.4. The van der Waals surface area contributed by atoms with E-state index in [1.807, 2.05) is 38.1 Å². The van der Waals surface area contributed by atoms with Crippen molar-refractivity contribution < 1.29 is 4.79 Å². The summed E-state index contributed by atoms with van der Waals surface area (Å²) in [6.07, 6.45) is 0.825. The van der Waals surface area contributed by atoms with Crippen LogP contribution in [0.25, 0.3) is 0 Å². The molecule has 0 aromatic heterocycles. The molecule has 1 aromatic carbocycles. The van der Waals surface area contributed by atoms with Crippen LogP contribution >= 0.6 is 15.9 Å². The van der Waals surface area contributed by atoms with E-state index in [4.69, 9.17) is 0 Å². The standard InChI is InChI=1S/C11H14BrN3O/c1-3-11(2)13-10(16)15(14-11)9-6-4-8(12)5-7-9/h4-7,14H,3H2,1-2H3,(H,13,16)/t11-/m0/s1. The highest BCUT2D eigenvalue weighted by Crippen LogP contribution is 2.22. The maximum absolute atomic E-state index is 11.8. The zero-order chi connectivity index (χ0) is 11.8. The molecule has 5 heteroatoms. The van der Waals surface area contributed by atoms with Gasteiger partial charge in [0.25, 0.3) is 0 Å². The Labute approximate surface area is 103 Å². The fourth-order valence-electron chi connectivity index (χ4n) is 1.56. The average Bonchev–Trinajstić information content (AvgIpc) is 2.57. The number of benzene rings is 1. The van der Waals surface area contributed by atoms with Crippen molar-refractivity contribution in [2.75, 3.05) is 5.01 Å². The van der Waals surface area contributed by atoms with E-state index in [1.54, 1.807) is 0 Å². The Morgan fingerprint density at radius 2 is 2.00 bits per heavy atom. The Balaban J connectivity index is 2.23. The van der Waals surface area contributed by atoms with Gasteiger partial charge in [-0.15, -0.1) is 0 Å². The van der Waals surface area contributed by atoms with Crippen molar-refractivity contribution in [2.24, 2.45) is 0 Å². The quantitative estimate of drug-likeness (QED) is 0.876. The van der Waals surface area contributed by atoms with Gasteiger partial charge in [-0.3, -0.25) is 0 Å². The molecule has 0 spiro atoms. The Morgan fingerprint density at radius 3 is 2.50 bits per heavy atom. The molecule has 0 aliphatic carbocycles. The van der Waals surface area contributed by atoms with Gasteiger partial charge in [-0.2, -0.15) is 0 Å². The van der Waals surface area contributed by atoms with Gasteiger partial charge in [-0.25, -0.2) is 15.2 Å². The lowest BCUT2D eigenvalue weighted by atomic mass is 10.2. The first-order valence-electron chi connectivity index (χ1n) is 5.20. The van der Waals surface area contributed by atoms with Crippen LogP contribution < -0.4 is 15.8 Å². The molecule has 1 atom stereocenters. The number of urea groups is 1. The summed E-state index contributed by atoms with van der Waals surface area (Å²) in [5, 5.41) is 4.44. The van der Waals surface area contributed by atoms with Crippen LogP contribution in [0.3, 0.4) is 0 Å². The molecule has 0 saturated carbocycles. The van der Waals surface area contributed by atoms with E-state index in [0.717, 1.165) is 16.6 Å². The minimum atomic E-state index is -0.357. The molecule has 0 unspecified atom stereocenters. The molecule has 16 heavy (non-hydrogen) atoms. The smallest absolute Gasteiger partial charge is 0.317 e. The van der Waals surface area contributed by atoms with Gasteiger partial charge >= 0.3 is 6.03 Å². The lowest BCUT2D eigenvalue weighted by Crippen LogP contribution is -2.47. The maximum Gasteiger partial charge on any atom is 0.338 e. The Hall–Kier alpha value is -1.07. The highest BCUT2D eigenvalue weighted by Gasteiger charge is 2.37. The maximum atomic E-state index is 11.8. The topological polar surface area (TPSA) is 44.4 Å². The highest BCUT2D eigenvalue weighted by molar-refractivity contribution is 9.10. The molecule has 86 valence electrons. The number of anilines is 1. The van der Waals surface area contributed by atoms with Crippen LogP contribution in [0.2, 0.25) is 0 Å². The summed E-state index contributed by atoms with van der Waals surface area (Å²) in [5.41, 5.74) is 3.63. The molecule has 1 heterocycles. The van der Waals surface area contributed by atoms with Gasteiger partial charge in [0.2, 0.25) is 0 Å². The van der Waals surface area contributed by atoms with Gasteiger partial charge < -0.3 is 5.32 Å². The summed E-state index contributed by atoms with van der Waals surface area (Å²) in [7, 11) is 0. The number of hydrazine groups is 1. The molecule has 1 aromatic rings. The highest BCUT2D eigenvalue weighted by atomic mass is 79.9. The zero-order valence-corrected chi connectivity index (χ0v) is 10.8. The number of hydrogen-bond donors (Lipinski definition) is 2. The Kier molecular flexibility index (Phi) is 2.90. The van der Waals surface area contributed by atoms with E-state index in [1.165, 1.54) is 5.01 Å². The van der Waals surface area contributed by atoms with E-state index in [2.05, 4.69) is 26.7 Å². The van der Waals surface area contributed by atoms with Crippen molar-refractivity contribution in [1.29, 1.82) is 0 Å². The molecule has 2 amide bonds. The van der Waals surface area contributed by atoms with Gasteiger partial charge in [0.1, 0.15) is 5.66 Å². The van der Waals surface area contributed by atoms with E-state index < -0.39 is 0 Å². The first-order chi connectivity index (χ1) is 7.54. The van der Waals surface area contributed by atoms with Gasteiger partial charge in [0.15, 0.2) is 0 Å². The third-order valence-corrected chi connectivity index (χ3v) is 3.27. The Morgan fingerprint density at radius 1 is 1.38 bits per heavy atom. The van der Waals surface area contributed by atoms with Gasteiger partial charge in [-0.1, -0.05) is 22.9 Å². The Bertz CT molecular complexity index is 406. The molecule has 2 N–H and O–H groups in total. The predicted octanol–water partition coefficient (Wildman–Crippen LogP) is 2.61. The molecule has 1 saturated heterocycles. The fraction of sp³-hybridized carbons (Fsp3) is 0.364. The predicted molar refractivity (Wildman–Crippen MR) is 67.0 cm³/mol. The summed E-state index contributed by atoms with van der Waals surface area (Å²) in [4.78, 5) is 11.8. The second-order valence-corrected chi connectivity index (χ2v) is 4.96. The van der Waals surface area contributed by atoms with Crippen LogP contribution in [0.5, 0.6) is 0 Å². The average molecular weight is 284 g/mol. The van der Waals surface area contributed by atoms with Gasteiger partial charge in [-0.05, 0) is 37.6 Å². The van der Waals surface area contributed by atoms with Crippen molar-refractivity contribution >= 4 is 27.6 Å². The van der Waals surface area contributed by atoms with Crippen molar-refractivity contribution in [1.82, 2.24) is 10.7 Å². The van der Waals surface area contributed by atoms with Crippen LogP contribution in [0, 0.1) is 0 Å². The molecule has 0 bridgehead atoms. The van der Waals surface area contributed by atoms with Crippen molar-refractivity contribution in [3.63, 3.8) is 0 Å². The second-order valence-electron chi connectivity index (χ2n) is 4.04. The van der Waals surface area contributed by atoms with Gasteiger partial charge in [0, 0.05) is 4.47 Å². The fourth-order valence-corrected chi connectivity index (χ4v) is 1.82. The van der Waals surface area contributed by atoms with E-state index in [0.29, 0.717) is 0 Å². The van der Waals surface area contributed by atoms with E-state index in [9.17, 15) is 4.79 Å². The summed E-state index contributed by atoms with van der Waals surface area (Å²) in [6, 6.07) is 7.47. The minimum Gasteiger partial charge on any atom is -0.317 e. The van der Waals surface area contributed by atoms with Crippen LogP contribution in [0.1, 0.15) is 20.3 Å². The number of nitrogens with zero attached hydrogens (tertiary/aromatic N) is 1. The number of hydrogen-bond acceptors (Lipinski definition) is 2. The molecule has 1 aliphatic rings. The number of nitrogens with one attached hydrogen (secondary N) is 2. The molecular formula is C11H14BrN3O. The summed E-state index contributed by atoms with van der Waals surface area (Å²) < 4.78 is 0.995. The number of halogens is 1. The van der Waals surface area contributed by atoms with Gasteiger partial charge in [0.05, 0.1) is 5.69 Å². The monoisotopic (exact) mass is 283 g/mol. The van der Waals surface area contributed by atoms with E-state index in [-0.39, 0.29) is 11.7 Å². The molecule has 2 rings (SSSR count). The zero-order valence-electron chi connectivity index (χ0n) is 9.25. The normalized spacial score (nSPS) is 24.7. The number of amides is 2. The molecular weight excluding hydrogens is 270 g/mol. The van der Waals surface area contributed by atoms with Crippen LogP contribution in [-0.2, 0) is 0 Å². The SMILES string of the molecule is CC[C@@]1(C)NC(=O)N(c2ccc(Br)cc2)N1. The third kappa shape index (κ3) is 2.05. The molecule has 1 aliphatic heterocycles. The van der Waals surface area contributed by atoms with Crippen molar-refractivity contribution in [3.8, 4) is 0 Å². The van der Waals surface area contributed by atoms with E-state index >= 15 is 0 Å². The molecule has 0 radical (unpaired) electrons. The number of carbonyl (C=O) groups is 1. The molecule has 4 nitrogen and oxygen atoms in total. The lowest BCUT2D eigenvalue weighted by molar-refractivity contribution is 0.247. The summed E-state index contributed by atoms with van der Waals surface area (Å²) >= 11 is 3.37. The lowest BCUT2D eigenvalue weighted by Gasteiger charge is -2.23. The van der Waals surface area contributed by atoms with Crippen LogP contribution in [0.4, 0.5) is 10.5 Å². The first-order valence-corrected chi connectivity index (χ1v) is 5.99. The summed E-state index contributed by atoms with van der Waals surface area (Å²) in [5.74, 6) is 0. The minimum absolute atomic E-state index is 0.119. The van der Waals surface area contributed by atoms with Crippen LogP contribution in [0.15, 0.2) is 28.7 Å². The second kappa shape index (κ2) is 4.07. The van der Waals surface area contributed by atoms with Crippen LogP contribution in [-0.4, -0.2) is 11.7 Å². The third-order valence-electron chi connectivity index (χ3n) is 2.74. The number of rotatable bonds is 2. The largest absolute Gasteiger partial charge is 0.338 e. The van der Waals surface area contributed by atoms with Crippen molar-refractivity contribution in [3.05, 3.63) is 28.7 Å². The van der Waals surface area contributed by atoms with Crippen molar-refractivity contribution in [2.45, 2.75) is 25.9 Å². The molecule has 1 fully saturated rings.